The van der Waals surface area contributed by atoms with Gasteiger partial charge in [-0.2, -0.15) is 0 Å². The van der Waals surface area contributed by atoms with Gasteiger partial charge < -0.3 is 9.47 Å². The van der Waals surface area contributed by atoms with Crippen molar-refractivity contribution in [2.45, 2.75) is 63.3 Å². The smallest absolute Gasteiger partial charge is 0.171 e. The predicted molar refractivity (Wildman–Crippen MR) is 108 cm³/mol. The van der Waals surface area contributed by atoms with Crippen molar-refractivity contribution >= 4 is 5.78 Å². The van der Waals surface area contributed by atoms with E-state index in [0.29, 0.717) is 19.6 Å². The van der Waals surface area contributed by atoms with Gasteiger partial charge >= 0.3 is 0 Å². The number of hydrogen-bond donors (Lipinski definition) is 0. The van der Waals surface area contributed by atoms with E-state index in [1.54, 1.807) is 0 Å². The fourth-order valence-electron chi connectivity index (χ4n) is 4.93. The fraction of sp³-hybridized carbons (Fsp3) is 0.542. The molecular formula is C24H32O3. The first-order valence-corrected chi connectivity index (χ1v) is 10.2. The molecule has 2 aliphatic rings. The lowest BCUT2D eigenvalue weighted by molar-refractivity contribution is -0.153. The van der Waals surface area contributed by atoms with Crippen LogP contribution in [0.4, 0.5) is 0 Å². The molecule has 0 bridgehead atoms. The first-order valence-electron chi connectivity index (χ1n) is 10.2. The van der Waals surface area contributed by atoms with Crippen molar-refractivity contribution in [3.05, 3.63) is 61.2 Å². The summed E-state index contributed by atoms with van der Waals surface area (Å²) < 4.78 is 12.5. The Hall–Kier alpha value is -1.71. The van der Waals surface area contributed by atoms with Crippen LogP contribution in [0.5, 0.6) is 0 Å². The Balaban J connectivity index is 1.66. The summed E-state index contributed by atoms with van der Waals surface area (Å²) in [6.07, 6.45) is 8.80. The molecule has 1 saturated heterocycles. The fourth-order valence-corrected chi connectivity index (χ4v) is 4.93. The average molecular weight is 369 g/mol. The van der Waals surface area contributed by atoms with Crippen LogP contribution in [0.25, 0.3) is 0 Å². The summed E-state index contributed by atoms with van der Waals surface area (Å²) in [5, 5.41) is 0. The van der Waals surface area contributed by atoms with Crippen LogP contribution in [0, 0.1) is 11.8 Å². The molecule has 0 amide bonds. The van der Waals surface area contributed by atoms with Gasteiger partial charge in [0.2, 0.25) is 0 Å². The molecule has 4 atom stereocenters. The van der Waals surface area contributed by atoms with Crippen molar-refractivity contribution in [2.75, 3.05) is 6.61 Å². The lowest BCUT2D eigenvalue weighted by atomic mass is 9.76. The summed E-state index contributed by atoms with van der Waals surface area (Å²) in [4.78, 5) is 13.4. The molecule has 0 aromatic heterocycles. The molecule has 0 N–H and O–H groups in total. The summed E-state index contributed by atoms with van der Waals surface area (Å²) in [5.41, 5.74) is 0.0612. The molecule has 1 aliphatic carbocycles. The van der Waals surface area contributed by atoms with Crippen molar-refractivity contribution in [3.63, 3.8) is 0 Å². The Bertz CT molecular complexity index is 667. The number of fused-ring (bicyclic) bond motifs is 1. The molecule has 3 heteroatoms. The third kappa shape index (κ3) is 3.81. The minimum Gasteiger partial charge on any atom is -0.377 e. The highest BCUT2D eigenvalue weighted by Gasteiger charge is 2.64. The minimum atomic E-state index is -0.758. The Kier molecular flexibility index (Phi) is 6.33. The number of ketones is 1. The van der Waals surface area contributed by atoms with Gasteiger partial charge in [-0.15, -0.1) is 13.2 Å². The van der Waals surface area contributed by atoms with E-state index in [0.717, 1.165) is 32.1 Å². The average Bonchev–Trinajstić information content (AvgIpc) is 3.17. The molecule has 0 spiro atoms. The second-order valence-electron chi connectivity index (χ2n) is 8.08. The van der Waals surface area contributed by atoms with Gasteiger partial charge in [-0.05, 0) is 43.6 Å². The number of rotatable bonds is 10. The summed E-state index contributed by atoms with van der Waals surface area (Å²) >= 11 is 0. The standard InChI is InChI=1S/C24H32O3/c1-4-14-23-16-9-12-21(23)22(25)24(27-23,15-5-2)19(3)13-17-26-18-20-10-7-6-8-11-20/h4-8,10-11,19,21H,1-2,9,12-18H2,3H3/t19?,21?,23-,24+/m1/s1. The zero-order valence-corrected chi connectivity index (χ0v) is 16.5. The number of hydrogen-bond acceptors (Lipinski definition) is 3. The molecule has 1 heterocycles. The Morgan fingerprint density at radius 1 is 1.26 bits per heavy atom. The van der Waals surface area contributed by atoms with Crippen LogP contribution in [0.3, 0.4) is 0 Å². The molecule has 2 unspecified atom stereocenters. The summed E-state index contributed by atoms with van der Waals surface area (Å²) in [6, 6.07) is 10.2. The lowest BCUT2D eigenvalue weighted by Crippen LogP contribution is -2.45. The maximum Gasteiger partial charge on any atom is 0.171 e. The Morgan fingerprint density at radius 2 is 2.00 bits per heavy atom. The highest BCUT2D eigenvalue weighted by molar-refractivity contribution is 5.93. The highest BCUT2D eigenvalue weighted by atomic mass is 16.5. The van der Waals surface area contributed by atoms with Crippen LogP contribution in [0.15, 0.2) is 55.6 Å². The summed E-state index contributed by atoms with van der Waals surface area (Å²) in [6.45, 7) is 11.1. The van der Waals surface area contributed by atoms with Crippen LogP contribution in [-0.2, 0) is 20.9 Å². The molecule has 146 valence electrons. The lowest BCUT2D eigenvalue weighted by Gasteiger charge is -2.36. The van der Waals surface area contributed by atoms with E-state index in [-0.39, 0.29) is 23.2 Å². The van der Waals surface area contributed by atoms with Crippen molar-refractivity contribution in [1.82, 2.24) is 0 Å². The van der Waals surface area contributed by atoms with Gasteiger partial charge in [0.15, 0.2) is 5.78 Å². The largest absolute Gasteiger partial charge is 0.377 e. The number of ether oxygens (including phenoxy) is 2. The van der Waals surface area contributed by atoms with Crippen LogP contribution >= 0.6 is 0 Å². The van der Waals surface area contributed by atoms with Crippen molar-refractivity contribution in [1.29, 1.82) is 0 Å². The van der Waals surface area contributed by atoms with E-state index < -0.39 is 5.60 Å². The highest BCUT2D eigenvalue weighted by Crippen LogP contribution is 2.55. The molecule has 3 rings (SSSR count). The zero-order valence-electron chi connectivity index (χ0n) is 16.5. The second kappa shape index (κ2) is 8.53. The minimum absolute atomic E-state index is 0.00290. The van der Waals surface area contributed by atoms with Crippen LogP contribution in [-0.4, -0.2) is 23.6 Å². The van der Waals surface area contributed by atoms with Crippen LogP contribution in [0.1, 0.15) is 51.0 Å². The first kappa shape index (κ1) is 20.0. The van der Waals surface area contributed by atoms with Crippen molar-refractivity contribution in [3.8, 4) is 0 Å². The third-order valence-corrected chi connectivity index (χ3v) is 6.39. The van der Waals surface area contributed by atoms with E-state index >= 15 is 0 Å². The molecule has 1 saturated carbocycles. The van der Waals surface area contributed by atoms with Crippen LogP contribution in [0.2, 0.25) is 0 Å². The van der Waals surface area contributed by atoms with Gasteiger partial charge in [0, 0.05) is 13.0 Å². The molecule has 27 heavy (non-hydrogen) atoms. The van der Waals surface area contributed by atoms with Gasteiger partial charge in [0.25, 0.3) is 0 Å². The normalized spacial score (nSPS) is 30.9. The maximum absolute atomic E-state index is 13.4. The Labute approximate surface area is 163 Å². The SMILES string of the molecule is C=CC[C@@]12CCCC1C(=O)[C@](CC=C)(C(C)CCOCc1ccccc1)O2. The van der Waals surface area contributed by atoms with Gasteiger partial charge in [-0.3, -0.25) is 4.79 Å². The monoisotopic (exact) mass is 368 g/mol. The molecule has 0 radical (unpaired) electrons. The van der Waals surface area contributed by atoms with Gasteiger partial charge in [-0.1, -0.05) is 49.4 Å². The quantitative estimate of drug-likeness (QED) is 0.417. The summed E-state index contributed by atoms with van der Waals surface area (Å²) in [7, 11) is 0. The third-order valence-electron chi connectivity index (χ3n) is 6.39. The maximum atomic E-state index is 13.4. The number of Topliss-reactive ketones (excluding diaryl/α,β-unsaturated/α-hetero) is 1. The van der Waals surface area contributed by atoms with E-state index in [1.165, 1.54) is 5.56 Å². The number of carbonyl (C=O) groups is 1. The topological polar surface area (TPSA) is 35.5 Å². The Morgan fingerprint density at radius 3 is 2.70 bits per heavy atom. The van der Waals surface area contributed by atoms with E-state index in [9.17, 15) is 4.79 Å². The molecule has 3 nitrogen and oxygen atoms in total. The van der Waals surface area contributed by atoms with E-state index in [4.69, 9.17) is 9.47 Å². The number of benzene rings is 1. The molecule has 1 aliphatic heterocycles. The number of carbonyl (C=O) groups excluding carboxylic acids is 1. The predicted octanol–water partition coefficient (Wildman–Crippen LogP) is 5.26. The van der Waals surface area contributed by atoms with Crippen LogP contribution < -0.4 is 0 Å². The molecule has 1 aromatic carbocycles. The second-order valence-corrected chi connectivity index (χ2v) is 8.08. The van der Waals surface area contributed by atoms with E-state index in [1.807, 2.05) is 30.4 Å². The molecular weight excluding hydrogens is 336 g/mol. The molecule has 2 fully saturated rings. The van der Waals surface area contributed by atoms with Crippen molar-refractivity contribution in [2.24, 2.45) is 11.8 Å². The van der Waals surface area contributed by atoms with Gasteiger partial charge in [0.05, 0.1) is 18.1 Å². The zero-order chi connectivity index (χ0) is 19.3. The van der Waals surface area contributed by atoms with Crippen molar-refractivity contribution < 1.29 is 14.3 Å². The molecule has 1 aromatic rings. The first-order chi connectivity index (χ1) is 13.1. The van der Waals surface area contributed by atoms with Gasteiger partial charge in [0.1, 0.15) is 5.60 Å². The van der Waals surface area contributed by atoms with E-state index in [2.05, 4.69) is 32.2 Å². The summed E-state index contributed by atoms with van der Waals surface area (Å²) in [5.74, 6) is 0.367. The van der Waals surface area contributed by atoms with Gasteiger partial charge in [-0.25, -0.2) is 0 Å².